The van der Waals surface area contributed by atoms with Gasteiger partial charge in [0.15, 0.2) is 0 Å². The fraction of sp³-hybridized carbons (Fsp3) is 0.312. The Morgan fingerprint density at radius 2 is 2.05 bits per heavy atom. The number of nitrogens with zero attached hydrogens (tertiary/aromatic N) is 2. The summed E-state index contributed by atoms with van der Waals surface area (Å²) < 4.78 is 0. The summed E-state index contributed by atoms with van der Waals surface area (Å²) in [6, 6.07) is 14.7. The molecule has 1 aliphatic rings. The number of aliphatic hydroxyl groups is 1. The second kappa shape index (κ2) is 5.02. The summed E-state index contributed by atoms with van der Waals surface area (Å²) in [5.41, 5.74) is 3.33. The molecule has 1 unspecified atom stereocenters. The van der Waals surface area contributed by atoms with Crippen LogP contribution in [0.5, 0.6) is 0 Å². The topological polar surface area (TPSA) is 36.4 Å². The zero-order valence-corrected chi connectivity index (χ0v) is 11.1. The normalized spacial score (nSPS) is 18.2. The largest absolute Gasteiger partial charge is 0.390 e. The van der Waals surface area contributed by atoms with Crippen molar-refractivity contribution in [2.75, 3.05) is 4.90 Å². The summed E-state index contributed by atoms with van der Waals surface area (Å²) in [4.78, 5) is 6.82. The lowest BCUT2D eigenvalue weighted by molar-refractivity contribution is 0.277. The molecule has 3 heteroatoms. The summed E-state index contributed by atoms with van der Waals surface area (Å²) in [5, 5.41) is 9.24. The zero-order valence-electron chi connectivity index (χ0n) is 11.1. The summed E-state index contributed by atoms with van der Waals surface area (Å²) >= 11 is 0. The number of pyridine rings is 1. The molecule has 0 saturated heterocycles. The number of aliphatic hydroxyl groups excluding tert-OH is 1. The molecular formula is C16H18N2O. The van der Waals surface area contributed by atoms with Crippen molar-refractivity contribution in [3.8, 4) is 0 Å². The molecule has 98 valence electrons. The number of hydrogen-bond donors (Lipinski definition) is 1. The first-order valence-electron chi connectivity index (χ1n) is 6.73. The molecule has 2 heterocycles. The van der Waals surface area contributed by atoms with Gasteiger partial charge in [0.2, 0.25) is 0 Å². The number of fused-ring (bicyclic) bond motifs is 1. The minimum Gasteiger partial charge on any atom is -0.390 e. The van der Waals surface area contributed by atoms with Gasteiger partial charge in [-0.05, 0) is 43.5 Å². The molecule has 1 N–H and O–H groups in total. The molecule has 1 aliphatic heterocycles. The smallest absolute Gasteiger partial charge is 0.133 e. The Hall–Kier alpha value is -1.87. The maximum atomic E-state index is 9.24. The third-order valence-electron chi connectivity index (χ3n) is 3.72. The molecule has 0 bridgehead atoms. The van der Waals surface area contributed by atoms with Gasteiger partial charge in [-0.2, -0.15) is 0 Å². The van der Waals surface area contributed by atoms with Crippen molar-refractivity contribution >= 4 is 11.5 Å². The van der Waals surface area contributed by atoms with Gasteiger partial charge in [-0.1, -0.05) is 24.3 Å². The van der Waals surface area contributed by atoms with Crippen LogP contribution < -0.4 is 4.90 Å². The van der Waals surface area contributed by atoms with Crippen LogP contribution in [0.25, 0.3) is 0 Å². The van der Waals surface area contributed by atoms with E-state index >= 15 is 0 Å². The molecule has 0 spiro atoms. The van der Waals surface area contributed by atoms with Crippen molar-refractivity contribution < 1.29 is 5.11 Å². The number of aromatic nitrogens is 1. The number of rotatable bonds is 2. The molecule has 1 atom stereocenters. The van der Waals surface area contributed by atoms with Crippen LogP contribution in [-0.2, 0) is 13.0 Å². The number of anilines is 2. The maximum Gasteiger partial charge on any atom is 0.133 e. The van der Waals surface area contributed by atoms with Gasteiger partial charge < -0.3 is 10.0 Å². The van der Waals surface area contributed by atoms with E-state index in [0.29, 0.717) is 11.7 Å². The first kappa shape index (κ1) is 12.2. The predicted octanol–water partition coefficient (Wildman–Crippen LogP) is 3.05. The van der Waals surface area contributed by atoms with Gasteiger partial charge in [-0.25, -0.2) is 4.98 Å². The van der Waals surface area contributed by atoms with E-state index in [1.54, 1.807) is 0 Å². The van der Waals surface area contributed by atoms with E-state index in [1.807, 2.05) is 18.2 Å². The van der Waals surface area contributed by atoms with E-state index in [0.717, 1.165) is 18.7 Å². The Kier molecular flexibility index (Phi) is 3.22. The minimum atomic E-state index is -0.0162. The third-order valence-corrected chi connectivity index (χ3v) is 3.72. The Labute approximate surface area is 113 Å². The van der Waals surface area contributed by atoms with Gasteiger partial charge >= 0.3 is 0 Å². The van der Waals surface area contributed by atoms with Gasteiger partial charge in [-0.3, -0.25) is 0 Å². The molecule has 0 fully saturated rings. The van der Waals surface area contributed by atoms with Crippen LogP contribution >= 0.6 is 0 Å². The van der Waals surface area contributed by atoms with Crippen molar-refractivity contribution in [2.24, 2.45) is 0 Å². The molecule has 0 radical (unpaired) electrons. The quantitative estimate of drug-likeness (QED) is 0.895. The Bertz CT molecular complexity index is 582. The molecule has 0 amide bonds. The van der Waals surface area contributed by atoms with Crippen molar-refractivity contribution in [3.05, 3.63) is 53.7 Å². The molecule has 3 rings (SSSR count). The summed E-state index contributed by atoms with van der Waals surface area (Å²) in [7, 11) is 0. The van der Waals surface area contributed by atoms with Crippen molar-refractivity contribution in [3.63, 3.8) is 0 Å². The fourth-order valence-electron chi connectivity index (χ4n) is 2.73. The van der Waals surface area contributed by atoms with Crippen molar-refractivity contribution in [1.82, 2.24) is 4.98 Å². The highest BCUT2D eigenvalue weighted by Crippen LogP contribution is 2.35. The zero-order chi connectivity index (χ0) is 13.2. The minimum absolute atomic E-state index is 0.0162. The fourth-order valence-corrected chi connectivity index (χ4v) is 2.73. The Morgan fingerprint density at radius 3 is 2.89 bits per heavy atom. The molecule has 2 aromatic rings. The molecule has 0 aliphatic carbocycles. The van der Waals surface area contributed by atoms with Crippen LogP contribution in [0.15, 0.2) is 42.5 Å². The van der Waals surface area contributed by atoms with Gasteiger partial charge in [-0.15, -0.1) is 0 Å². The SMILES string of the molecule is CC1CCc2ccccc2N1c1cccc(CO)n1. The molecule has 1 aromatic carbocycles. The highest BCUT2D eigenvalue weighted by Gasteiger charge is 2.24. The Balaban J connectivity index is 2.07. The molecule has 1 aromatic heterocycles. The van der Waals surface area contributed by atoms with E-state index in [2.05, 4.69) is 41.1 Å². The summed E-state index contributed by atoms with van der Waals surface area (Å²) in [6.07, 6.45) is 2.25. The highest BCUT2D eigenvalue weighted by atomic mass is 16.3. The van der Waals surface area contributed by atoms with Gasteiger partial charge in [0.1, 0.15) is 5.82 Å². The van der Waals surface area contributed by atoms with E-state index in [1.165, 1.54) is 11.3 Å². The van der Waals surface area contributed by atoms with Gasteiger partial charge in [0.25, 0.3) is 0 Å². The number of hydrogen-bond acceptors (Lipinski definition) is 3. The van der Waals surface area contributed by atoms with Crippen LogP contribution in [0, 0.1) is 0 Å². The van der Waals surface area contributed by atoms with Crippen molar-refractivity contribution in [1.29, 1.82) is 0 Å². The molecule has 19 heavy (non-hydrogen) atoms. The predicted molar refractivity (Wildman–Crippen MR) is 76.5 cm³/mol. The lowest BCUT2D eigenvalue weighted by atomic mass is 9.96. The molecular weight excluding hydrogens is 236 g/mol. The van der Waals surface area contributed by atoms with E-state index in [9.17, 15) is 5.11 Å². The Morgan fingerprint density at radius 1 is 1.21 bits per heavy atom. The number of para-hydroxylation sites is 1. The lowest BCUT2D eigenvalue weighted by Crippen LogP contribution is -2.33. The average molecular weight is 254 g/mol. The van der Waals surface area contributed by atoms with Crippen molar-refractivity contribution in [2.45, 2.75) is 32.4 Å². The second-order valence-corrected chi connectivity index (χ2v) is 5.03. The van der Waals surface area contributed by atoms with Gasteiger partial charge in [0.05, 0.1) is 12.3 Å². The van der Waals surface area contributed by atoms with Crippen LogP contribution in [0.4, 0.5) is 11.5 Å². The first-order valence-corrected chi connectivity index (χ1v) is 6.73. The van der Waals surface area contributed by atoms with Crippen LogP contribution in [0.2, 0.25) is 0 Å². The lowest BCUT2D eigenvalue weighted by Gasteiger charge is -2.36. The first-order chi connectivity index (χ1) is 9.29. The number of aryl methyl sites for hydroxylation is 1. The molecule has 3 nitrogen and oxygen atoms in total. The third kappa shape index (κ3) is 2.22. The van der Waals surface area contributed by atoms with E-state index < -0.39 is 0 Å². The van der Waals surface area contributed by atoms with Crippen LogP contribution in [0.3, 0.4) is 0 Å². The standard InChI is InChI=1S/C16H18N2O/c1-12-9-10-13-5-2-3-7-15(13)18(12)16-8-4-6-14(11-19)17-16/h2-8,12,19H,9-11H2,1H3. The van der Waals surface area contributed by atoms with Crippen LogP contribution in [-0.4, -0.2) is 16.1 Å². The second-order valence-electron chi connectivity index (χ2n) is 5.03. The number of benzene rings is 1. The monoisotopic (exact) mass is 254 g/mol. The van der Waals surface area contributed by atoms with E-state index in [4.69, 9.17) is 0 Å². The maximum absolute atomic E-state index is 9.24. The summed E-state index contributed by atoms with van der Waals surface area (Å²) in [6.45, 7) is 2.21. The highest BCUT2D eigenvalue weighted by molar-refractivity contribution is 5.66. The van der Waals surface area contributed by atoms with Crippen LogP contribution in [0.1, 0.15) is 24.6 Å². The van der Waals surface area contributed by atoms with Gasteiger partial charge in [0, 0.05) is 11.7 Å². The summed E-state index contributed by atoms with van der Waals surface area (Å²) in [5.74, 6) is 0.922. The molecule has 0 saturated carbocycles. The average Bonchev–Trinajstić information content (AvgIpc) is 2.47. The van der Waals surface area contributed by atoms with E-state index in [-0.39, 0.29) is 6.61 Å².